The minimum atomic E-state index is -0.192. The molecule has 2 aromatic rings. The number of hydrazine groups is 1. The third-order valence-electron chi connectivity index (χ3n) is 5.57. The van der Waals surface area contributed by atoms with Gasteiger partial charge in [-0.15, -0.1) is 0 Å². The first-order valence-electron chi connectivity index (χ1n) is 12.0. The lowest BCUT2D eigenvalue weighted by molar-refractivity contribution is -0.132. The van der Waals surface area contributed by atoms with Crippen molar-refractivity contribution < 1.29 is 4.79 Å². The van der Waals surface area contributed by atoms with E-state index in [2.05, 4.69) is 67.9 Å². The van der Waals surface area contributed by atoms with Gasteiger partial charge in [0.25, 0.3) is 5.91 Å². The van der Waals surface area contributed by atoms with E-state index in [0.29, 0.717) is 36.3 Å². The Morgan fingerprint density at radius 3 is 2.12 bits per heavy atom. The van der Waals surface area contributed by atoms with E-state index in [-0.39, 0.29) is 11.7 Å². The highest BCUT2D eigenvalue weighted by atomic mass is 16.2. The van der Waals surface area contributed by atoms with Crippen LogP contribution in [0.15, 0.2) is 66.0 Å². The van der Waals surface area contributed by atoms with Crippen LogP contribution < -0.4 is 16.0 Å². The van der Waals surface area contributed by atoms with Crippen molar-refractivity contribution >= 4 is 17.4 Å². The van der Waals surface area contributed by atoms with Crippen LogP contribution in [0.5, 0.6) is 0 Å². The summed E-state index contributed by atoms with van der Waals surface area (Å²) in [4.78, 5) is 13.1. The Balaban J connectivity index is 1.79. The molecule has 3 rings (SSSR count). The molecule has 1 saturated heterocycles. The minimum absolute atomic E-state index is 0.192. The van der Waals surface area contributed by atoms with Crippen molar-refractivity contribution in [2.24, 2.45) is 11.8 Å². The number of carbonyl (C=O) groups is 1. The van der Waals surface area contributed by atoms with Gasteiger partial charge in [-0.3, -0.25) is 20.2 Å². The molecule has 7 heteroatoms. The predicted molar refractivity (Wildman–Crippen MR) is 139 cm³/mol. The third-order valence-corrected chi connectivity index (χ3v) is 5.57. The molecule has 0 unspecified atom stereocenters. The van der Waals surface area contributed by atoms with Gasteiger partial charge in [0.1, 0.15) is 11.4 Å². The largest absolute Gasteiger partial charge is 0.367 e. The quantitative estimate of drug-likeness (QED) is 0.377. The Morgan fingerprint density at radius 2 is 1.53 bits per heavy atom. The van der Waals surface area contributed by atoms with Crippen LogP contribution in [0.25, 0.3) is 0 Å². The molecule has 0 radical (unpaired) electrons. The summed E-state index contributed by atoms with van der Waals surface area (Å²) < 4.78 is 0. The number of para-hydroxylation sites is 1. The smallest absolute Gasteiger partial charge is 0.279 e. The number of likely N-dealkylation sites (N-methyl/N-ethyl adjacent to an activating group) is 1. The Hall–Kier alpha value is -3.32. The first kappa shape index (κ1) is 25.3. The highest BCUT2D eigenvalue weighted by Crippen LogP contribution is 2.23. The Kier molecular flexibility index (Phi) is 8.71. The number of carbonyl (C=O) groups excluding carboxylic acids is 1. The maximum Gasteiger partial charge on any atom is 0.279 e. The summed E-state index contributed by atoms with van der Waals surface area (Å²) in [6, 6.07) is 18.2. The van der Waals surface area contributed by atoms with E-state index in [9.17, 15) is 4.79 Å². The molecule has 0 aromatic heterocycles. The number of amides is 1. The van der Waals surface area contributed by atoms with Crippen LogP contribution in [0.1, 0.15) is 38.8 Å². The minimum Gasteiger partial charge on any atom is -0.367 e. The van der Waals surface area contributed by atoms with Crippen LogP contribution in [0.3, 0.4) is 0 Å². The van der Waals surface area contributed by atoms with E-state index >= 15 is 0 Å². The first-order chi connectivity index (χ1) is 16.3. The summed E-state index contributed by atoms with van der Waals surface area (Å²) in [5, 5.41) is 22.2. The summed E-state index contributed by atoms with van der Waals surface area (Å²) in [6.07, 6.45) is 0. The van der Waals surface area contributed by atoms with Crippen molar-refractivity contribution in [2.45, 2.75) is 40.8 Å². The lowest BCUT2D eigenvalue weighted by atomic mass is 10.1. The van der Waals surface area contributed by atoms with Crippen LogP contribution in [-0.4, -0.2) is 41.9 Å². The zero-order valence-corrected chi connectivity index (χ0v) is 21.0. The number of hydrogen-bond acceptors (Lipinski definition) is 5. The molecule has 0 spiro atoms. The van der Waals surface area contributed by atoms with E-state index in [1.165, 1.54) is 10.6 Å². The molecule has 34 heavy (non-hydrogen) atoms. The van der Waals surface area contributed by atoms with Gasteiger partial charge in [0.05, 0.1) is 0 Å². The summed E-state index contributed by atoms with van der Waals surface area (Å²) in [5.41, 5.74) is 3.55. The summed E-state index contributed by atoms with van der Waals surface area (Å²) in [5.74, 6) is 1.51. The van der Waals surface area contributed by atoms with Gasteiger partial charge in [0.15, 0.2) is 5.84 Å². The van der Waals surface area contributed by atoms with Gasteiger partial charge in [-0.05, 0) is 41.6 Å². The standard InChI is InChI=1S/C27H38N6O/c1-19(2)15-29-16-21-11-13-22(14-12-21)17-30-26(31-23-9-7-6-8-10-23)24-25(28)33(18-20(3)4)32(5)27(24)34/h6-14,19-20,28-31H,15-18H2,1-5H3/b26-24-,28-25?. The molecule has 0 atom stereocenters. The molecule has 7 nitrogen and oxygen atoms in total. The van der Waals surface area contributed by atoms with Crippen molar-refractivity contribution in [3.63, 3.8) is 0 Å². The lowest BCUT2D eigenvalue weighted by Gasteiger charge is -2.26. The average Bonchev–Trinajstić information content (AvgIpc) is 3.01. The van der Waals surface area contributed by atoms with Gasteiger partial charge < -0.3 is 16.0 Å². The van der Waals surface area contributed by atoms with E-state index in [4.69, 9.17) is 5.41 Å². The van der Waals surface area contributed by atoms with Gasteiger partial charge >= 0.3 is 0 Å². The lowest BCUT2D eigenvalue weighted by Crippen LogP contribution is -2.39. The molecule has 1 aliphatic rings. The fraction of sp³-hybridized carbons (Fsp3) is 0.407. The van der Waals surface area contributed by atoms with Crippen LogP contribution in [0.4, 0.5) is 5.69 Å². The zero-order chi connectivity index (χ0) is 24.7. The topological polar surface area (TPSA) is 83.5 Å². The van der Waals surface area contributed by atoms with Crippen molar-refractivity contribution in [1.29, 1.82) is 5.41 Å². The van der Waals surface area contributed by atoms with Crippen molar-refractivity contribution in [3.8, 4) is 0 Å². The van der Waals surface area contributed by atoms with Gasteiger partial charge in [-0.25, -0.2) is 0 Å². The molecule has 1 heterocycles. The van der Waals surface area contributed by atoms with E-state index < -0.39 is 0 Å². The summed E-state index contributed by atoms with van der Waals surface area (Å²) in [7, 11) is 1.72. The van der Waals surface area contributed by atoms with Crippen LogP contribution in [0, 0.1) is 17.2 Å². The fourth-order valence-electron chi connectivity index (χ4n) is 3.77. The van der Waals surface area contributed by atoms with Crippen molar-refractivity contribution in [3.05, 3.63) is 77.1 Å². The third kappa shape index (κ3) is 6.60. The number of benzene rings is 2. The number of anilines is 1. The van der Waals surface area contributed by atoms with E-state index in [1.807, 2.05) is 30.3 Å². The van der Waals surface area contributed by atoms with Gasteiger partial charge in [-0.2, -0.15) is 0 Å². The van der Waals surface area contributed by atoms with Gasteiger partial charge in [-0.1, -0.05) is 70.2 Å². The number of nitrogens with zero attached hydrogens (tertiary/aromatic N) is 2. The summed E-state index contributed by atoms with van der Waals surface area (Å²) >= 11 is 0. The predicted octanol–water partition coefficient (Wildman–Crippen LogP) is 4.17. The first-order valence-corrected chi connectivity index (χ1v) is 12.0. The van der Waals surface area contributed by atoms with E-state index in [1.54, 1.807) is 12.1 Å². The van der Waals surface area contributed by atoms with Gasteiger partial charge in [0.2, 0.25) is 0 Å². The molecule has 1 amide bonds. The van der Waals surface area contributed by atoms with Crippen molar-refractivity contribution in [2.75, 3.05) is 25.5 Å². The number of hydrogen-bond donors (Lipinski definition) is 4. The highest BCUT2D eigenvalue weighted by Gasteiger charge is 2.38. The molecule has 0 saturated carbocycles. The molecular formula is C27H38N6O. The Labute approximate surface area is 203 Å². The Bertz CT molecular complexity index is 998. The highest BCUT2D eigenvalue weighted by molar-refractivity contribution is 6.24. The normalized spacial score (nSPS) is 15.5. The molecule has 0 bridgehead atoms. The van der Waals surface area contributed by atoms with Gasteiger partial charge in [0, 0.05) is 32.4 Å². The maximum absolute atomic E-state index is 13.1. The summed E-state index contributed by atoms with van der Waals surface area (Å²) in [6.45, 7) is 11.5. The molecular weight excluding hydrogens is 424 g/mol. The Morgan fingerprint density at radius 1 is 0.912 bits per heavy atom. The van der Waals surface area contributed by atoms with Crippen LogP contribution in [0.2, 0.25) is 0 Å². The second kappa shape index (κ2) is 11.7. The average molecular weight is 463 g/mol. The molecule has 182 valence electrons. The zero-order valence-electron chi connectivity index (χ0n) is 21.0. The second-order valence-corrected chi connectivity index (χ2v) is 9.59. The monoisotopic (exact) mass is 462 g/mol. The molecule has 4 N–H and O–H groups in total. The number of rotatable bonds is 11. The number of nitrogens with one attached hydrogen (secondary N) is 4. The molecule has 0 aliphatic carbocycles. The molecule has 1 fully saturated rings. The van der Waals surface area contributed by atoms with E-state index in [0.717, 1.165) is 24.3 Å². The van der Waals surface area contributed by atoms with Crippen LogP contribution >= 0.6 is 0 Å². The number of amidine groups is 1. The maximum atomic E-state index is 13.1. The molecule has 2 aromatic carbocycles. The van der Waals surface area contributed by atoms with Crippen molar-refractivity contribution in [1.82, 2.24) is 20.7 Å². The SMILES string of the molecule is CC(C)CNCc1ccc(CN/C(Nc2ccccc2)=C2\C(=N)N(CC(C)C)N(C)C2=O)cc1. The second-order valence-electron chi connectivity index (χ2n) is 9.59. The molecule has 1 aliphatic heterocycles. The van der Waals surface area contributed by atoms with Crippen LogP contribution in [-0.2, 0) is 17.9 Å². The fourth-order valence-corrected chi connectivity index (χ4v) is 3.77.